The molecule has 0 aliphatic carbocycles. The summed E-state index contributed by atoms with van der Waals surface area (Å²) in [6.07, 6.45) is 4.02. The van der Waals surface area contributed by atoms with Crippen molar-refractivity contribution in [2.75, 3.05) is 13.1 Å². The van der Waals surface area contributed by atoms with E-state index in [0.29, 0.717) is 24.9 Å². The molecule has 0 aromatic heterocycles. The number of carbonyl (C=O) groups excluding carboxylic acids is 1. The predicted molar refractivity (Wildman–Crippen MR) is 77.9 cm³/mol. The Balaban J connectivity index is 2.03. The number of aliphatic carboxylic acids is 1. The van der Waals surface area contributed by atoms with Gasteiger partial charge in [0.25, 0.3) is 5.69 Å². The van der Waals surface area contributed by atoms with E-state index in [-0.39, 0.29) is 18.1 Å². The van der Waals surface area contributed by atoms with E-state index in [1.807, 2.05) is 0 Å². The first-order valence-corrected chi connectivity index (χ1v) is 6.83. The number of piperidine rings is 1. The standard InChI is InChI=1S/C15H15N2O5/c18-14(16-8-2-4-12(10-16)15(19)20)7-6-11-3-1-5-13(9-11)17(21)22/h1,3,6-7,9,12H,2,4,8,10H2,(H,19,20)/b7-6+. The average Bonchev–Trinajstić information content (AvgIpc) is 2.53. The SMILES string of the molecule is O=C(O)C1CCCN(C(=O)/C=C/c2cc[c]c([N+](=O)[O-])c2)C1. The molecule has 0 bridgehead atoms. The van der Waals surface area contributed by atoms with Crippen LogP contribution in [0.15, 0.2) is 24.3 Å². The van der Waals surface area contributed by atoms with E-state index in [4.69, 9.17) is 5.11 Å². The largest absolute Gasteiger partial charge is 0.481 e. The van der Waals surface area contributed by atoms with Crippen molar-refractivity contribution in [1.29, 1.82) is 0 Å². The van der Waals surface area contributed by atoms with Crippen LogP contribution in [0.1, 0.15) is 18.4 Å². The highest BCUT2D eigenvalue weighted by Crippen LogP contribution is 2.18. The van der Waals surface area contributed by atoms with Crippen LogP contribution in [0.25, 0.3) is 6.08 Å². The van der Waals surface area contributed by atoms with Crippen molar-refractivity contribution in [3.63, 3.8) is 0 Å². The number of likely N-dealkylation sites (tertiary alicyclic amines) is 1. The van der Waals surface area contributed by atoms with Crippen LogP contribution in [-0.2, 0) is 9.59 Å². The summed E-state index contributed by atoms with van der Waals surface area (Å²) in [6, 6.07) is 6.83. The van der Waals surface area contributed by atoms with E-state index in [0.717, 1.165) is 0 Å². The third kappa shape index (κ3) is 3.91. The summed E-state index contributed by atoms with van der Waals surface area (Å²) in [4.78, 5) is 34.6. The van der Waals surface area contributed by atoms with Gasteiger partial charge in [0.1, 0.15) is 0 Å². The number of hydrogen-bond donors (Lipinski definition) is 1. The lowest BCUT2D eigenvalue weighted by atomic mass is 9.98. The topological polar surface area (TPSA) is 101 Å². The van der Waals surface area contributed by atoms with Gasteiger partial charge in [0.05, 0.1) is 16.9 Å². The minimum atomic E-state index is -0.893. The molecule has 0 spiro atoms. The molecule has 22 heavy (non-hydrogen) atoms. The molecule has 0 saturated carbocycles. The lowest BCUT2D eigenvalue weighted by Gasteiger charge is -2.29. The molecule has 1 aromatic rings. The second kappa shape index (κ2) is 6.84. The molecule has 1 aliphatic heterocycles. The van der Waals surface area contributed by atoms with Gasteiger partial charge < -0.3 is 10.0 Å². The number of amides is 1. The molecular formula is C15H15N2O5. The normalized spacial score (nSPS) is 18.4. The van der Waals surface area contributed by atoms with Gasteiger partial charge in [0, 0.05) is 25.2 Å². The van der Waals surface area contributed by atoms with Crippen molar-refractivity contribution in [3.05, 3.63) is 46.0 Å². The first kappa shape index (κ1) is 15.7. The first-order chi connectivity index (χ1) is 10.5. The highest BCUT2D eigenvalue weighted by atomic mass is 16.6. The number of non-ortho nitro benzene ring substituents is 1. The van der Waals surface area contributed by atoms with Crippen LogP contribution in [0.4, 0.5) is 5.69 Å². The van der Waals surface area contributed by atoms with E-state index in [1.165, 1.54) is 29.2 Å². The zero-order chi connectivity index (χ0) is 16.1. The van der Waals surface area contributed by atoms with E-state index in [1.54, 1.807) is 6.07 Å². The third-order valence-electron chi connectivity index (χ3n) is 3.51. The van der Waals surface area contributed by atoms with Crippen LogP contribution in [0, 0.1) is 22.1 Å². The van der Waals surface area contributed by atoms with E-state index in [9.17, 15) is 19.7 Å². The van der Waals surface area contributed by atoms with Crippen LogP contribution in [-0.4, -0.2) is 39.9 Å². The van der Waals surface area contributed by atoms with Crippen LogP contribution in [0.5, 0.6) is 0 Å². The van der Waals surface area contributed by atoms with Crippen LogP contribution < -0.4 is 0 Å². The summed E-state index contributed by atoms with van der Waals surface area (Å²) >= 11 is 0. The van der Waals surface area contributed by atoms with Crippen molar-refractivity contribution in [3.8, 4) is 0 Å². The fraction of sp³-hybridized carbons (Fsp3) is 0.333. The number of nitrogens with zero attached hydrogens (tertiary/aromatic N) is 2. The molecule has 1 heterocycles. The molecule has 1 N–H and O–H groups in total. The predicted octanol–water partition coefficient (Wildman–Crippen LogP) is 1.73. The van der Waals surface area contributed by atoms with Crippen molar-refractivity contribution >= 4 is 23.6 Å². The second-order valence-electron chi connectivity index (χ2n) is 5.06. The molecule has 7 heteroatoms. The fourth-order valence-corrected chi connectivity index (χ4v) is 2.33. The molecule has 1 atom stereocenters. The number of carbonyl (C=O) groups is 2. The Labute approximate surface area is 127 Å². The number of nitro benzene ring substituents is 1. The first-order valence-electron chi connectivity index (χ1n) is 6.83. The number of hydrogen-bond acceptors (Lipinski definition) is 4. The minimum absolute atomic E-state index is 0.168. The second-order valence-corrected chi connectivity index (χ2v) is 5.06. The van der Waals surface area contributed by atoms with Crippen molar-refractivity contribution in [2.45, 2.75) is 12.8 Å². The molecule has 1 saturated heterocycles. The molecule has 2 rings (SSSR count). The number of nitro groups is 1. The maximum Gasteiger partial charge on any atom is 0.308 e. The monoisotopic (exact) mass is 303 g/mol. The van der Waals surface area contributed by atoms with Gasteiger partial charge in [-0.15, -0.1) is 0 Å². The maximum absolute atomic E-state index is 12.1. The Morgan fingerprint density at radius 2 is 2.27 bits per heavy atom. The van der Waals surface area contributed by atoms with E-state index >= 15 is 0 Å². The average molecular weight is 303 g/mol. The summed E-state index contributed by atoms with van der Waals surface area (Å²) in [5.74, 6) is -1.71. The van der Waals surface area contributed by atoms with E-state index < -0.39 is 16.8 Å². The van der Waals surface area contributed by atoms with Crippen molar-refractivity contribution in [1.82, 2.24) is 4.90 Å². The molecule has 1 aliphatic rings. The highest BCUT2D eigenvalue weighted by Gasteiger charge is 2.27. The van der Waals surface area contributed by atoms with Gasteiger partial charge in [0.15, 0.2) is 0 Å². The Kier molecular flexibility index (Phi) is 4.88. The maximum atomic E-state index is 12.1. The fourth-order valence-electron chi connectivity index (χ4n) is 2.33. The molecule has 115 valence electrons. The van der Waals surface area contributed by atoms with Gasteiger partial charge in [-0.05, 0) is 30.5 Å². The van der Waals surface area contributed by atoms with Gasteiger partial charge in [-0.1, -0.05) is 6.07 Å². The van der Waals surface area contributed by atoms with Crippen LogP contribution in [0.3, 0.4) is 0 Å². The van der Waals surface area contributed by atoms with Crippen LogP contribution in [0.2, 0.25) is 0 Å². The van der Waals surface area contributed by atoms with Crippen LogP contribution >= 0.6 is 0 Å². The molecule has 1 aromatic carbocycles. The summed E-state index contributed by atoms with van der Waals surface area (Å²) in [7, 11) is 0. The summed E-state index contributed by atoms with van der Waals surface area (Å²) < 4.78 is 0. The number of carboxylic acid groups (broad SMARTS) is 1. The zero-order valence-corrected chi connectivity index (χ0v) is 11.8. The minimum Gasteiger partial charge on any atom is -0.481 e. The Morgan fingerprint density at radius 1 is 1.50 bits per heavy atom. The lowest BCUT2D eigenvalue weighted by Crippen LogP contribution is -2.41. The molecule has 1 amide bonds. The summed E-state index contributed by atoms with van der Waals surface area (Å²) in [5, 5.41) is 19.7. The molecule has 1 radical (unpaired) electrons. The number of rotatable bonds is 4. The smallest absolute Gasteiger partial charge is 0.308 e. The summed E-state index contributed by atoms with van der Waals surface area (Å²) in [6.45, 7) is 0.719. The molecular weight excluding hydrogens is 288 g/mol. The van der Waals surface area contributed by atoms with Gasteiger partial charge in [-0.2, -0.15) is 0 Å². The van der Waals surface area contributed by atoms with Gasteiger partial charge in [0.2, 0.25) is 5.91 Å². The zero-order valence-electron chi connectivity index (χ0n) is 11.8. The lowest BCUT2D eigenvalue weighted by molar-refractivity contribution is -0.385. The Hall–Kier alpha value is -2.70. The number of carboxylic acids is 1. The highest BCUT2D eigenvalue weighted by molar-refractivity contribution is 5.92. The van der Waals surface area contributed by atoms with Gasteiger partial charge in [-0.25, -0.2) is 0 Å². The third-order valence-corrected chi connectivity index (χ3v) is 3.51. The number of benzene rings is 1. The van der Waals surface area contributed by atoms with E-state index in [2.05, 4.69) is 6.07 Å². The molecule has 7 nitrogen and oxygen atoms in total. The van der Waals surface area contributed by atoms with Gasteiger partial charge in [-0.3, -0.25) is 19.7 Å². The van der Waals surface area contributed by atoms with Crippen molar-refractivity contribution in [2.24, 2.45) is 5.92 Å². The summed E-state index contributed by atoms with van der Waals surface area (Å²) in [5.41, 5.74) is 0.351. The Bertz CT molecular complexity index is 626. The Morgan fingerprint density at radius 3 is 2.95 bits per heavy atom. The molecule has 1 fully saturated rings. The molecule has 1 unspecified atom stereocenters. The van der Waals surface area contributed by atoms with Crippen molar-refractivity contribution < 1.29 is 19.6 Å². The quantitative estimate of drug-likeness (QED) is 0.518. The van der Waals surface area contributed by atoms with Gasteiger partial charge >= 0.3 is 5.97 Å².